The van der Waals surface area contributed by atoms with Crippen LogP contribution in [0.1, 0.15) is 5.56 Å². The van der Waals surface area contributed by atoms with Gasteiger partial charge >= 0.3 is 6.36 Å². The van der Waals surface area contributed by atoms with Crippen LogP contribution in [0.3, 0.4) is 0 Å². The number of alkyl halides is 3. The first kappa shape index (κ1) is 14.5. The first-order valence-electron chi connectivity index (χ1n) is 3.66. The lowest BCUT2D eigenvalue weighted by molar-refractivity contribution is -0.274. The Labute approximate surface area is 99.1 Å². The number of hydrogen-bond acceptors (Lipinski definition) is 2. The van der Waals surface area contributed by atoms with Crippen molar-refractivity contribution >= 4 is 28.3 Å². The summed E-state index contributed by atoms with van der Waals surface area (Å²) in [7, 11) is 0. The zero-order valence-corrected chi connectivity index (χ0v) is 9.75. The highest BCUT2D eigenvalue weighted by Crippen LogP contribution is 2.28. The van der Waals surface area contributed by atoms with Gasteiger partial charge in [0.2, 0.25) is 0 Å². The maximum atomic E-state index is 11.9. The molecule has 86 valence electrons. The normalized spacial score (nSPS) is 10.7. The molecule has 15 heavy (non-hydrogen) atoms. The van der Waals surface area contributed by atoms with Crippen LogP contribution in [0, 0.1) is 0 Å². The van der Waals surface area contributed by atoms with E-state index in [0.717, 1.165) is 0 Å². The van der Waals surface area contributed by atoms with E-state index < -0.39 is 6.36 Å². The summed E-state index contributed by atoms with van der Waals surface area (Å²) < 4.78 is 40.0. The third-order valence-electron chi connectivity index (χ3n) is 1.47. The third kappa shape index (κ3) is 4.72. The molecule has 2 N–H and O–H groups in total. The van der Waals surface area contributed by atoms with Crippen molar-refractivity contribution in [2.75, 3.05) is 0 Å². The zero-order valence-electron chi connectivity index (χ0n) is 7.34. The molecule has 0 spiro atoms. The highest BCUT2D eigenvalue weighted by atomic mass is 79.9. The lowest BCUT2D eigenvalue weighted by atomic mass is 10.2. The fraction of sp³-hybridized carbons (Fsp3) is 0.250. The van der Waals surface area contributed by atoms with Crippen molar-refractivity contribution in [3.63, 3.8) is 0 Å². The summed E-state index contributed by atoms with van der Waals surface area (Å²) in [6.45, 7) is -0.00130. The maximum absolute atomic E-state index is 11.9. The van der Waals surface area contributed by atoms with E-state index in [4.69, 9.17) is 5.73 Å². The number of rotatable bonds is 2. The predicted molar refractivity (Wildman–Crippen MR) is 56.0 cm³/mol. The average molecular weight is 307 g/mol. The minimum Gasteiger partial charge on any atom is -0.405 e. The number of ether oxygens (including phenoxy) is 1. The molecule has 0 aliphatic carbocycles. The summed E-state index contributed by atoms with van der Waals surface area (Å²) in [5.41, 5.74) is 5.57. The van der Waals surface area contributed by atoms with Crippen molar-refractivity contribution in [1.82, 2.24) is 0 Å². The molecule has 0 fully saturated rings. The van der Waals surface area contributed by atoms with Gasteiger partial charge in [-0.1, -0.05) is 22.0 Å². The van der Waals surface area contributed by atoms with Gasteiger partial charge < -0.3 is 10.5 Å². The molecule has 0 amide bonds. The van der Waals surface area contributed by atoms with Crippen LogP contribution in [0.4, 0.5) is 13.2 Å². The lowest BCUT2D eigenvalue weighted by Gasteiger charge is -2.12. The van der Waals surface area contributed by atoms with Crippen LogP contribution in [0.5, 0.6) is 5.75 Å². The molecule has 2 nitrogen and oxygen atoms in total. The predicted octanol–water partition coefficient (Wildman–Crippen LogP) is 3.23. The van der Waals surface area contributed by atoms with Crippen LogP contribution in [-0.4, -0.2) is 6.36 Å². The fourth-order valence-corrected chi connectivity index (χ4v) is 1.26. The monoisotopic (exact) mass is 305 g/mol. The molecule has 0 saturated heterocycles. The van der Waals surface area contributed by atoms with Crippen molar-refractivity contribution < 1.29 is 17.9 Å². The minimum atomic E-state index is -4.69. The summed E-state index contributed by atoms with van der Waals surface area (Å²) in [6.07, 6.45) is -4.69. The zero-order chi connectivity index (χ0) is 10.8. The molecule has 0 bridgehead atoms. The van der Waals surface area contributed by atoms with Crippen LogP contribution in [0.2, 0.25) is 0 Å². The van der Waals surface area contributed by atoms with E-state index in [1.807, 2.05) is 0 Å². The smallest absolute Gasteiger partial charge is 0.405 e. The van der Waals surface area contributed by atoms with E-state index in [9.17, 15) is 13.2 Å². The Hall–Kier alpha value is -0.460. The number of halogens is 5. The molecular weight excluding hydrogens is 298 g/mol. The number of nitrogens with two attached hydrogens (primary N) is 1. The molecule has 0 saturated carbocycles. The van der Waals surface area contributed by atoms with Gasteiger partial charge in [0, 0.05) is 16.6 Å². The molecule has 0 aliphatic heterocycles. The summed E-state index contributed by atoms with van der Waals surface area (Å²) in [5, 5.41) is 0. The Morgan fingerprint density at radius 1 is 1.33 bits per heavy atom. The van der Waals surface area contributed by atoms with Gasteiger partial charge in [0.25, 0.3) is 0 Å². The quantitative estimate of drug-likeness (QED) is 0.910. The molecule has 1 aromatic carbocycles. The van der Waals surface area contributed by atoms with Gasteiger partial charge in [-0.2, -0.15) is 0 Å². The highest BCUT2D eigenvalue weighted by molar-refractivity contribution is 9.10. The molecule has 1 aromatic rings. The second-order valence-electron chi connectivity index (χ2n) is 2.50. The van der Waals surface area contributed by atoms with E-state index >= 15 is 0 Å². The van der Waals surface area contributed by atoms with Gasteiger partial charge in [0.1, 0.15) is 5.75 Å². The van der Waals surface area contributed by atoms with E-state index in [1.165, 1.54) is 12.1 Å². The number of benzene rings is 1. The molecule has 7 heteroatoms. The van der Waals surface area contributed by atoms with Crippen LogP contribution in [-0.2, 0) is 6.54 Å². The molecule has 0 atom stereocenters. The Kier molecular flexibility index (Phi) is 5.41. The molecule has 0 radical (unpaired) electrons. The standard InChI is InChI=1S/C8H7BrF3NO.ClH/c9-6-2-1-5(4-13)7(3-6)14-8(10,11)12;/h1-3H,4,13H2;1H. The van der Waals surface area contributed by atoms with Crippen LogP contribution < -0.4 is 10.5 Å². The fourth-order valence-electron chi connectivity index (χ4n) is 0.917. The van der Waals surface area contributed by atoms with Crippen LogP contribution >= 0.6 is 28.3 Å². The topological polar surface area (TPSA) is 35.2 Å². The lowest BCUT2D eigenvalue weighted by Crippen LogP contribution is -2.18. The summed E-state index contributed by atoms with van der Waals surface area (Å²) in [5.74, 6) is -0.269. The number of hydrogen-bond donors (Lipinski definition) is 1. The van der Waals surface area contributed by atoms with E-state index in [-0.39, 0.29) is 24.7 Å². The van der Waals surface area contributed by atoms with Crippen molar-refractivity contribution in [3.8, 4) is 5.75 Å². The van der Waals surface area contributed by atoms with Gasteiger partial charge in [-0.3, -0.25) is 0 Å². The third-order valence-corrected chi connectivity index (χ3v) is 1.97. The summed E-state index contributed by atoms with van der Waals surface area (Å²) in [4.78, 5) is 0. The van der Waals surface area contributed by atoms with Crippen LogP contribution in [0.15, 0.2) is 22.7 Å². The first-order valence-corrected chi connectivity index (χ1v) is 4.46. The van der Waals surface area contributed by atoms with Crippen LogP contribution in [0.25, 0.3) is 0 Å². The van der Waals surface area contributed by atoms with Crippen molar-refractivity contribution in [2.24, 2.45) is 5.73 Å². The van der Waals surface area contributed by atoms with Gasteiger partial charge in [-0.15, -0.1) is 25.6 Å². The van der Waals surface area contributed by atoms with Crippen molar-refractivity contribution in [2.45, 2.75) is 12.9 Å². The van der Waals surface area contributed by atoms with Gasteiger partial charge in [0.15, 0.2) is 0 Å². The highest BCUT2D eigenvalue weighted by Gasteiger charge is 2.31. The van der Waals surface area contributed by atoms with E-state index in [1.54, 1.807) is 6.07 Å². The molecule has 0 aromatic heterocycles. The van der Waals surface area contributed by atoms with Gasteiger partial charge in [0.05, 0.1) is 0 Å². The Balaban J connectivity index is 0.00000196. The SMILES string of the molecule is Cl.NCc1ccc(Br)cc1OC(F)(F)F. The molecule has 0 aliphatic rings. The summed E-state index contributed by atoms with van der Waals surface area (Å²) in [6, 6.07) is 4.31. The summed E-state index contributed by atoms with van der Waals surface area (Å²) >= 11 is 3.04. The average Bonchev–Trinajstić information content (AvgIpc) is 2.01. The second-order valence-corrected chi connectivity index (χ2v) is 3.42. The molecular formula is C8H8BrClF3NO. The van der Waals surface area contributed by atoms with Gasteiger partial charge in [-0.25, -0.2) is 0 Å². The molecule has 0 heterocycles. The van der Waals surface area contributed by atoms with Crippen molar-refractivity contribution in [3.05, 3.63) is 28.2 Å². The minimum absolute atomic E-state index is 0. The Morgan fingerprint density at radius 2 is 1.93 bits per heavy atom. The van der Waals surface area contributed by atoms with Gasteiger partial charge in [-0.05, 0) is 12.1 Å². The Morgan fingerprint density at radius 3 is 2.40 bits per heavy atom. The largest absolute Gasteiger partial charge is 0.573 e. The Bertz CT molecular complexity index is 332. The molecule has 1 rings (SSSR count). The van der Waals surface area contributed by atoms with Crippen molar-refractivity contribution in [1.29, 1.82) is 0 Å². The van der Waals surface area contributed by atoms with E-state index in [0.29, 0.717) is 10.0 Å². The second kappa shape index (κ2) is 5.58. The first-order chi connectivity index (χ1) is 6.42. The molecule has 0 unspecified atom stereocenters. The van der Waals surface area contributed by atoms with E-state index in [2.05, 4.69) is 20.7 Å². The maximum Gasteiger partial charge on any atom is 0.573 e.